The Bertz CT molecular complexity index is 1100. The number of hydrogen-bond donors (Lipinski definition) is 3. The number of allylic oxidation sites excluding steroid dienone is 2. The van der Waals surface area contributed by atoms with Crippen molar-refractivity contribution in [1.29, 1.82) is 0 Å². The molecular formula is C67H131NO5. The fourth-order valence-corrected chi connectivity index (χ4v) is 10.7. The van der Waals surface area contributed by atoms with Gasteiger partial charge >= 0.3 is 5.97 Å². The van der Waals surface area contributed by atoms with Crippen molar-refractivity contribution in [3.8, 4) is 0 Å². The first kappa shape index (κ1) is 71.6. The van der Waals surface area contributed by atoms with Gasteiger partial charge in [0.15, 0.2) is 0 Å². The number of unbranched alkanes of at least 4 members (excludes halogenated alkanes) is 50. The van der Waals surface area contributed by atoms with Crippen LogP contribution in [0.3, 0.4) is 0 Å². The number of nitrogens with one attached hydrogen (secondary N) is 1. The molecule has 6 nitrogen and oxygen atoms in total. The lowest BCUT2D eigenvalue weighted by Crippen LogP contribution is -2.45. The summed E-state index contributed by atoms with van der Waals surface area (Å²) in [5.74, 6) is -0.0273. The van der Waals surface area contributed by atoms with Crippen molar-refractivity contribution in [3.63, 3.8) is 0 Å². The maximum atomic E-state index is 12.5. The number of amides is 1. The Kier molecular flexibility index (Phi) is 61.9. The first-order valence-corrected chi connectivity index (χ1v) is 33.4. The fourth-order valence-electron chi connectivity index (χ4n) is 10.7. The van der Waals surface area contributed by atoms with Crippen molar-refractivity contribution in [1.82, 2.24) is 5.32 Å². The standard InChI is InChI=1S/C67H131NO5/c1-3-5-7-9-11-13-15-16-17-18-19-20-21-24-27-30-33-36-40-43-47-51-55-59-65(70)64(63-69)68-66(71)60-56-52-48-44-41-37-34-31-28-25-22-23-26-29-32-35-38-42-46-50-54-58-62-73-67(72)61-57-53-49-45-39-14-12-10-8-6-4-2/h10,12,64-65,69-70H,3-9,11,13-63H2,1-2H3,(H,68,71)/b12-10-. The van der Waals surface area contributed by atoms with Gasteiger partial charge in [-0.25, -0.2) is 0 Å². The highest BCUT2D eigenvalue weighted by molar-refractivity contribution is 5.76. The minimum absolute atomic E-state index is 0.00317. The third kappa shape index (κ3) is 59.7. The largest absolute Gasteiger partial charge is 0.466 e. The predicted octanol–water partition coefficient (Wildman–Crippen LogP) is 21.2. The number of ether oxygens (including phenoxy) is 1. The zero-order chi connectivity index (χ0) is 52.9. The van der Waals surface area contributed by atoms with E-state index in [1.54, 1.807) is 0 Å². The molecule has 3 N–H and O–H groups in total. The summed E-state index contributed by atoms with van der Waals surface area (Å²) in [6, 6.07) is -0.542. The highest BCUT2D eigenvalue weighted by atomic mass is 16.5. The molecule has 73 heavy (non-hydrogen) atoms. The maximum absolute atomic E-state index is 12.5. The van der Waals surface area contributed by atoms with Gasteiger partial charge in [0, 0.05) is 12.8 Å². The molecule has 1 amide bonds. The Balaban J connectivity index is 3.38. The second-order valence-corrected chi connectivity index (χ2v) is 23.2. The van der Waals surface area contributed by atoms with Crippen LogP contribution in [0.2, 0.25) is 0 Å². The molecule has 0 aromatic heterocycles. The van der Waals surface area contributed by atoms with Crippen molar-refractivity contribution in [2.24, 2.45) is 0 Å². The molecule has 0 aromatic rings. The number of hydrogen-bond acceptors (Lipinski definition) is 5. The predicted molar refractivity (Wildman–Crippen MR) is 320 cm³/mol. The van der Waals surface area contributed by atoms with Crippen molar-refractivity contribution < 1.29 is 24.5 Å². The lowest BCUT2D eigenvalue weighted by atomic mass is 10.0. The van der Waals surface area contributed by atoms with Crippen molar-refractivity contribution in [3.05, 3.63) is 12.2 Å². The summed E-state index contributed by atoms with van der Waals surface area (Å²) in [6.45, 7) is 4.95. The second-order valence-electron chi connectivity index (χ2n) is 23.2. The van der Waals surface area contributed by atoms with Crippen molar-refractivity contribution >= 4 is 11.9 Å². The molecule has 0 heterocycles. The molecule has 0 spiro atoms. The minimum atomic E-state index is -0.665. The highest BCUT2D eigenvalue weighted by Gasteiger charge is 2.20. The Morgan fingerprint density at radius 2 is 0.658 bits per heavy atom. The number of esters is 1. The van der Waals surface area contributed by atoms with E-state index in [9.17, 15) is 19.8 Å². The summed E-state index contributed by atoms with van der Waals surface area (Å²) in [6.07, 6.45) is 76.7. The van der Waals surface area contributed by atoms with E-state index < -0.39 is 12.1 Å². The molecule has 0 aromatic carbocycles. The van der Waals surface area contributed by atoms with Crippen molar-refractivity contribution in [2.45, 2.75) is 392 Å². The lowest BCUT2D eigenvalue weighted by Gasteiger charge is -2.22. The Hall–Kier alpha value is -1.40. The summed E-state index contributed by atoms with van der Waals surface area (Å²) in [5.41, 5.74) is 0. The Morgan fingerprint density at radius 3 is 1.01 bits per heavy atom. The summed E-state index contributed by atoms with van der Waals surface area (Å²) in [7, 11) is 0. The van der Waals surface area contributed by atoms with E-state index in [1.807, 2.05) is 0 Å². The van der Waals surface area contributed by atoms with Crippen molar-refractivity contribution in [2.75, 3.05) is 13.2 Å². The van der Waals surface area contributed by atoms with Crippen LogP contribution in [0.25, 0.3) is 0 Å². The molecule has 0 aliphatic heterocycles. The third-order valence-corrected chi connectivity index (χ3v) is 15.8. The molecule has 0 aliphatic carbocycles. The fraction of sp³-hybridized carbons (Fsp3) is 0.940. The van der Waals surface area contributed by atoms with E-state index in [-0.39, 0.29) is 18.5 Å². The van der Waals surface area contributed by atoms with Gasteiger partial charge in [0.25, 0.3) is 0 Å². The van der Waals surface area contributed by atoms with Crippen LogP contribution in [-0.4, -0.2) is 47.4 Å². The van der Waals surface area contributed by atoms with E-state index >= 15 is 0 Å². The quantitative estimate of drug-likeness (QED) is 0.0320. The normalized spacial score (nSPS) is 12.5. The molecule has 434 valence electrons. The molecule has 0 rings (SSSR count). The van der Waals surface area contributed by atoms with E-state index in [4.69, 9.17) is 4.74 Å². The van der Waals surface area contributed by atoms with Gasteiger partial charge in [0.2, 0.25) is 5.91 Å². The van der Waals surface area contributed by atoms with E-state index in [0.717, 1.165) is 44.9 Å². The van der Waals surface area contributed by atoms with Crippen LogP contribution in [0.5, 0.6) is 0 Å². The zero-order valence-corrected chi connectivity index (χ0v) is 49.6. The number of aliphatic hydroxyl groups excluding tert-OH is 2. The van der Waals surface area contributed by atoms with Gasteiger partial charge in [0.05, 0.1) is 25.4 Å². The Morgan fingerprint density at radius 1 is 0.370 bits per heavy atom. The summed E-state index contributed by atoms with van der Waals surface area (Å²) in [4.78, 5) is 24.5. The molecule has 0 saturated heterocycles. The third-order valence-electron chi connectivity index (χ3n) is 15.8. The van der Waals surface area contributed by atoms with Crippen LogP contribution in [-0.2, 0) is 14.3 Å². The second kappa shape index (κ2) is 63.1. The molecule has 2 atom stereocenters. The lowest BCUT2D eigenvalue weighted by molar-refractivity contribution is -0.143. The van der Waals surface area contributed by atoms with E-state index in [2.05, 4.69) is 31.3 Å². The highest BCUT2D eigenvalue weighted by Crippen LogP contribution is 2.19. The minimum Gasteiger partial charge on any atom is -0.466 e. The Labute approximate surface area is 457 Å². The van der Waals surface area contributed by atoms with Crippen LogP contribution >= 0.6 is 0 Å². The van der Waals surface area contributed by atoms with E-state index in [0.29, 0.717) is 25.9 Å². The van der Waals surface area contributed by atoms with Gasteiger partial charge in [-0.15, -0.1) is 0 Å². The van der Waals surface area contributed by atoms with Gasteiger partial charge in [-0.05, 0) is 44.9 Å². The number of carbonyl (C=O) groups is 2. The first-order valence-electron chi connectivity index (χ1n) is 33.4. The molecule has 0 saturated carbocycles. The molecule has 0 aliphatic rings. The average Bonchev–Trinajstić information content (AvgIpc) is 3.39. The zero-order valence-electron chi connectivity index (χ0n) is 49.6. The summed E-state index contributed by atoms with van der Waals surface area (Å²) < 4.78 is 5.46. The molecule has 0 bridgehead atoms. The smallest absolute Gasteiger partial charge is 0.305 e. The van der Waals surface area contributed by atoms with Gasteiger partial charge in [-0.2, -0.15) is 0 Å². The topological polar surface area (TPSA) is 95.9 Å². The van der Waals surface area contributed by atoms with Gasteiger partial charge in [0.1, 0.15) is 0 Å². The number of aliphatic hydroxyl groups is 2. The number of carbonyl (C=O) groups excluding carboxylic acids is 2. The van der Waals surface area contributed by atoms with Gasteiger partial charge < -0.3 is 20.3 Å². The van der Waals surface area contributed by atoms with Crippen LogP contribution in [0.4, 0.5) is 0 Å². The molecule has 0 fully saturated rings. The maximum Gasteiger partial charge on any atom is 0.305 e. The molecule has 0 radical (unpaired) electrons. The number of rotatable bonds is 63. The first-order chi connectivity index (χ1) is 36.0. The van der Waals surface area contributed by atoms with E-state index in [1.165, 1.54) is 302 Å². The van der Waals surface area contributed by atoms with Crippen LogP contribution in [0.1, 0.15) is 380 Å². The summed E-state index contributed by atoms with van der Waals surface area (Å²) >= 11 is 0. The molecular weight excluding hydrogens is 899 g/mol. The van der Waals surface area contributed by atoms with Crippen LogP contribution in [0.15, 0.2) is 12.2 Å². The monoisotopic (exact) mass is 1030 g/mol. The van der Waals surface area contributed by atoms with Crippen LogP contribution in [0, 0.1) is 0 Å². The SMILES string of the molecule is CCCC/C=C\CCCCCCCC(=O)OCCCCCCCCCCCCCCCCCCCCCCCCC(=O)NC(CO)C(O)CCCCCCCCCCCCCCCCCCCCCCCCC. The summed E-state index contributed by atoms with van der Waals surface area (Å²) in [5, 5.41) is 23.4. The average molecular weight is 1030 g/mol. The van der Waals surface area contributed by atoms with Gasteiger partial charge in [-0.1, -0.05) is 334 Å². The van der Waals surface area contributed by atoms with Crippen LogP contribution < -0.4 is 5.32 Å². The van der Waals surface area contributed by atoms with Gasteiger partial charge in [-0.3, -0.25) is 9.59 Å². The molecule has 2 unspecified atom stereocenters. The molecule has 6 heteroatoms.